The van der Waals surface area contributed by atoms with Crippen LogP contribution in [0.4, 0.5) is 5.69 Å². The lowest BCUT2D eigenvalue weighted by molar-refractivity contribution is -0.118. The first-order valence-electron chi connectivity index (χ1n) is 7.58. The zero-order valence-electron chi connectivity index (χ0n) is 13.3. The normalized spacial score (nSPS) is 11.1. The molecule has 0 saturated heterocycles. The van der Waals surface area contributed by atoms with Gasteiger partial charge in [-0.25, -0.2) is 0 Å². The van der Waals surface area contributed by atoms with Gasteiger partial charge in [0.15, 0.2) is 0 Å². The molecule has 24 heavy (non-hydrogen) atoms. The number of thioether (sulfide) groups is 1. The molecule has 2 aromatic carbocycles. The van der Waals surface area contributed by atoms with Crippen molar-refractivity contribution in [2.45, 2.75) is 18.2 Å². The fraction of sp³-hybridized carbons (Fsp3) is 0.211. The van der Waals surface area contributed by atoms with Gasteiger partial charge in [0.05, 0.1) is 17.7 Å². The maximum Gasteiger partial charge on any atom is 0.242 e. The molecule has 0 aromatic heterocycles. The van der Waals surface area contributed by atoms with Crippen LogP contribution in [0.5, 0.6) is 0 Å². The molecule has 120 valence electrons. The van der Waals surface area contributed by atoms with Gasteiger partial charge in [0.2, 0.25) is 5.91 Å². The highest BCUT2D eigenvalue weighted by atomic mass is 32.2. The standard InChI is InChI=1S/C19H17N3OS/c1-2-24-18-5-3-4-17(11-18)22-19(23)16(13-21)10-14-6-8-15(12-20)9-7-14/h3-9,11,16H,2,10H2,1H3,(H,22,23)/t16-/m0/s1. The molecule has 0 bridgehead atoms. The fourth-order valence-corrected chi connectivity index (χ4v) is 2.93. The van der Waals surface area contributed by atoms with E-state index in [4.69, 9.17) is 5.26 Å². The fourth-order valence-electron chi connectivity index (χ4n) is 2.21. The van der Waals surface area contributed by atoms with Crippen LogP contribution >= 0.6 is 11.8 Å². The highest BCUT2D eigenvalue weighted by molar-refractivity contribution is 7.99. The van der Waals surface area contributed by atoms with Crippen molar-refractivity contribution in [3.8, 4) is 12.1 Å². The van der Waals surface area contributed by atoms with E-state index >= 15 is 0 Å². The number of hydrogen-bond donors (Lipinski definition) is 1. The van der Waals surface area contributed by atoms with E-state index in [1.165, 1.54) is 0 Å². The second kappa shape index (κ2) is 8.76. The molecule has 0 spiro atoms. The number of benzene rings is 2. The van der Waals surface area contributed by atoms with Gasteiger partial charge in [-0.3, -0.25) is 4.79 Å². The molecule has 0 aliphatic carbocycles. The van der Waals surface area contributed by atoms with Crippen LogP contribution in [-0.4, -0.2) is 11.7 Å². The number of nitrogens with zero attached hydrogens (tertiary/aromatic N) is 2. The predicted molar refractivity (Wildman–Crippen MR) is 95.4 cm³/mol. The van der Waals surface area contributed by atoms with Crippen LogP contribution in [0.1, 0.15) is 18.1 Å². The zero-order valence-corrected chi connectivity index (χ0v) is 14.1. The van der Waals surface area contributed by atoms with Gasteiger partial charge in [-0.05, 0) is 48.1 Å². The Hall–Kier alpha value is -2.76. The third kappa shape index (κ3) is 4.87. The van der Waals surface area contributed by atoms with E-state index in [1.54, 1.807) is 36.0 Å². The van der Waals surface area contributed by atoms with Crippen LogP contribution in [-0.2, 0) is 11.2 Å². The van der Waals surface area contributed by atoms with Gasteiger partial charge in [-0.1, -0.05) is 25.1 Å². The van der Waals surface area contributed by atoms with Crippen LogP contribution in [0, 0.1) is 28.6 Å². The van der Waals surface area contributed by atoms with Crippen molar-refractivity contribution in [3.63, 3.8) is 0 Å². The highest BCUT2D eigenvalue weighted by Crippen LogP contribution is 2.22. The van der Waals surface area contributed by atoms with Gasteiger partial charge in [-0.2, -0.15) is 10.5 Å². The van der Waals surface area contributed by atoms with Crippen molar-refractivity contribution in [3.05, 3.63) is 59.7 Å². The monoisotopic (exact) mass is 335 g/mol. The molecule has 4 nitrogen and oxygen atoms in total. The Bertz CT molecular complexity index is 787. The molecule has 0 unspecified atom stereocenters. The van der Waals surface area contributed by atoms with Crippen molar-refractivity contribution in [1.29, 1.82) is 10.5 Å². The Kier molecular flexibility index (Phi) is 6.42. The number of carbonyl (C=O) groups excluding carboxylic acids is 1. The molecule has 0 saturated carbocycles. The number of amides is 1. The Morgan fingerprint density at radius 3 is 2.58 bits per heavy atom. The van der Waals surface area contributed by atoms with Crippen molar-refractivity contribution in [2.24, 2.45) is 5.92 Å². The van der Waals surface area contributed by atoms with E-state index in [9.17, 15) is 10.1 Å². The van der Waals surface area contributed by atoms with Crippen LogP contribution in [0.2, 0.25) is 0 Å². The van der Waals surface area contributed by atoms with E-state index in [1.807, 2.05) is 30.3 Å². The van der Waals surface area contributed by atoms with Gasteiger partial charge >= 0.3 is 0 Å². The summed E-state index contributed by atoms with van der Waals surface area (Å²) in [6.45, 7) is 2.07. The quantitative estimate of drug-likeness (QED) is 0.810. The van der Waals surface area contributed by atoms with E-state index in [0.29, 0.717) is 17.7 Å². The van der Waals surface area contributed by atoms with Crippen LogP contribution in [0.15, 0.2) is 53.4 Å². The first kappa shape index (κ1) is 17.6. The summed E-state index contributed by atoms with van der Waals surface area (Å²) in [6.07, 6.45) is 0.317. The molecular weight excluding hydrogens is 318 g/mol. The Balaban J connectivity index is 2.04. The first-order valence-corrected chi connectivity index (χ1v) is 8.57. The number of carbonyl (C=O) groups is 1. The van der Waals surface area contributed by atoms with E-state index < -0.39 is 5.92 Å². The predicted octanol–water partition coefficient (Wildman–Crippen LogP) is 3.99. The zero-order chi connectivity index (χ0) is 17.4. The lowest BCUT2D eigenvalue weighted by Crippen LogP contribution is -2.23. The van der Waals surface area contributed by atoms with E-state index in [0.717, 1.165) is 16.2 Å². The second-order valence-electron chi connectivity index (χ2n) is 5.14. The maximum absolute atomic E-state index is 12.3. The minimum absolute atomic E-state index is 0.317. The smallest absolute Gasteiger partial charge is 0.242 e. The summed E-state index contributed by atoms with van der Waals surface area (Å²) in [5.74, 6) is -0.141. The summed E-state index contributed by atoms with van der Waals surface area (Å²) in [4.78, 5) is 13.4. The number of hydrogen-bond acceptors (Lipinski definition) is 4. The molecule has 0 fully saturated rings. The molecule has 0 radical (unpaired) electrons. The molecule has 2 rings (SSSR count). The second-order valence-corrected chi connectivity index (χ2v) is 6.48. The van der Waals surface area contributed by atoms with Gasteiger partial charge in [-0.15, -0.1) is 11.8 Å². The van der Waals surface area contributed by atoms with Crippen LogP contribution in [0.25, 0.3) is 0 Å². The van der Waals surface area contributed by atoms with Crippen LogP contribution < -0.4 is 5.32 Å². The Labute approximate surface area is 146 Å². The number of nitriles is 2. The molecule has 1 N–H and O–H groups in total. The third-order valence-electron chi connectivity index (χ3n) is 3.41. The summed E-state index contributed by atoms with van der Waals surface area (Å²) < 4.78 is 0. The van der Waals surface area contributed by atoms with E-state index in [-0.39, 0.29) is 5.91 Å². The first-order chi connectivity index (χ1) is 11.7. The lowest BCUT2D eigenvalue weighted by Gasteiger charge is -2.11. The summed E-state index contributed by atoms with van der Waals surface area (Å²) in [7, 11) is 0. The third-order valence-corrected chi connectivity index (χ3v) is 4.28. The highest BCUT2D eigenvalue weighted by Gasteiger charge is 2.18. The Morgan fingerprint density at radius 2 is 1.96 bits per heavy atom. The molecule has 5 heteroatoms. The summed E-state index contributed by atoms with van der Waals surface area (Å²) >= 11 is 1.69. The number of rotatable bonds is 6. The van der Waals surface area contributed by atoms with Crippen molar-refractivity contribution in [2.75, 3.05) is 11.1 Å². The molecule has 1 amide bonds. The minimum Gasteiger partial charge on any atom is -0.325 e. The molecule has 0 heterocycles. The number of anilines is 1. The Morgan fingerprint density at radius 1 is 1.21 bits per heavy atom. The van der Waals surface area contributed by atoms with Gasteiger partial charge in [0.1, 0.15) is 5.92 Å². The van der Waals surface area contributed by atoms with Gasteiger partial charge in [0.25, 0.3) is 0 Å². The minimum atomic E-state index is -0.777. The van der Waals surface area contributed by atoms with Crippen molar-refractivity contribution in [1.82, 2.24) is 0 Å². The SMILES string of the molecule is CCSc1cccc(NC(=O)[C@H](C#N)Cc2ccc(C#N)cc2)c1. The van der Waals surface area contributed by atoms with Crippen molar-refractivity contribution >= 4 is 23.4 Å². The van der Waals surface area contributed by atoms with Gasteiger partial charge < -0.3 is 5.32 Å². The number of nitrogens with one attached hydrogen (secondary N) is 1. The van der Waals surface area contributed by atoms with E-state index in [2.05, 4.69) is 18.3 Å². The molecule has 0 aliphatic heterocycles. The molecule has 2 aromatic rings. The van der Waals surface area contributed by atoms with Crippen molar-refractivity contribution < 1.29 is 4.79 Å². The molecular formula is C19H17N3OS. The average Bonchev–Trinajstić information content (AvgIpc) is 2.60. The summed E-state index contributed by atoms with van der Waals surface area (Å²) in [6, 6.07) is 18.6. The van der Waals surface area contributed by atoms with Gasteiger partial charge in [0, 0.05) is 10.6 Å². The molecule has 0 aliphatic rings. The van der Waals surface area contributed by atoms with Crippen LogP contribution in [0.3, 0.4) is 0 Å². The lowest BCUT2D eigenvalue weighted by atomic mass is 9.99. The average molecular weight is 335 g/mol. The summed E-state index contributed by atoms with van der Waals surface area (Å²) in [5, 5.41) is 20.9. The summed E-state index contributed by atoms with van der Waals surface area (Å²) in [5.41, 5.74) is 2.10. The largest absolute Gasteiger partial charge is 0.325 e. The maximum atomic E-state index is 12.3. The molecule has 1 atom stereocenters. The topological polar surface area (TPSA) is 76.7 Å².